The molecule has 0 aromatic heterocycles. The van der Waals surface area contributed by atoms with E-state index < -0.39 is 51.6 Å². The lowest BCUT2D eigenvalue weighted by molar-refractivity contribution is -0.385. The lowest BCUT2D eigenvalue weighted by Crippen LogP contribution is -2.49. The van der Waals surface area contributed by atoms with Gasteiger partial charge in [0, 0.05) is 28.8 Å². The third kappa shape index (κ3) is 4.13. The van der Waals surface area contributed by atoms with Gasteiger partial charge in [0.05, 0.1) is 33.8 Å². The minimum Gasteiger partial charge on any atom is -0.272 e. The monoisotopic (exact) mass is 484 g/mol. The average Bonchev–Trinajstić information content (AvgIpc) is 3.08. The number of nitro benzene ring substituents is 2. The first-order chi connectivity index (χ1) is 16.2. The fourth-order valence-corrected chi connectivity index (χ4v) is 4.32. The van der Waals surface area contributed by atoms with E-state index in [0.29, 0.717) is 12.8 Å². The van der Waals surface area contributed by atoms with Gasteiger partial charge >= 0.3 is 0 Å². The minimum absolute atomic E-state index is 0.0294. The number of rotatable bonds is 6. The molecule has 0 spiro atoms. The minimum atomic E-state index is -0.888. The molecule has 1 aliphatic heterocycles. The number of imide groups is 1. The third-order valence-electron chi connectivity index (χ3n) is 5.83. The van der Waals surface area contributed by atoms with Crippen molar-refractivity contribution in [3.8, 4) is 0 Å². The molecule has 2 aliphatic rings. The summed E-state index contributed by atoms with van der Waals surface area (Å²) < 4.78 is 0. The molecule has 0 saturated carbocycles. The Balaban J connectivity index is 1.79. The molecule has 0 unspecified atom stereocenters. The zero-order chi connectivity index (χ0) is 24.6. The predicted molar refractivity (Wildman–Crippen MR) is 118 cm³/mol. The summed E-state index contributed by atoms with van der Waals surface area (Å²) in [5, 5.41) is 24.4. The van der Waals surface area contributed by atoms with Crippen molar-refractivity contribution in [3.63, 3.8) is 0 Å². The standard InChI is InChI=1S/C22H17ClN4O7/c23-15-9-8-14(19(11-15)27(33)34)12-24(20(28)13-4-3-5-16(10-13)26(31)32)25-21(29)17-6-1-2-7-18(17)22(25)30/h1-5,8-11,17-18H,6-7,12H2/t17-,18-/m1/s1. The molecule has 174 valence electrons. The maximum atomic E-state index is 13.5. The summed E-state index contributed by atoms with van der Waals surface area (Å²) in [5.41, 5.74) is -0.885. The number of hydrogen-bond acceptors (Lipinski definition) is 7. The smallest absolute Gasteiger partial charge is 0.272 e. The molecule has 3 amide bonds. The van der Waals surface area contributed by atoms with Gasteiger partial charge in [-0.15, -0.1) is 0 Å². The second-order valence-electron chi connectivity index (χ2n) is 7.84. The highest BCUT2D eigenvalue weighted by Crippen LogP contribution is 2.37. The van der Waals surface area contributed by atoms with E-state index in [9.17, 15) is 34.6 Å². The largest absolute Gasteiger partial charge is 0.275 e. The topological polar surface area (TPSA) is 144 Å². The normalized spacial score (nSPS) is 19.1. The summed E-state index contributed by atoms with van der Waals surface area (Å²) in [6.07, 6.45) is 4.22. The van der Waals surface area contributed by atoms with E-state index in [1.165, 1.54) is 30.3 Å². The van der Waals surface area contributed by atoms with Crippen molar-refractivity contribution in [3.05, 3.63) is 91.0 Å². The van der Waals surface area contributed by atoms with Crippen LogP contribution in [0.4, 0.5) is 11.4 Å². The van der Waals surface area contributed by atoms with Crippen LogP contribution in [-0.4, -0.2) is 37.6 Å². The van der Waals surface area contributed by atoms with Gasteiger partial charge in [0.1, 0.15) is 0 Å². The Morgan fingerprint density at radius 1 is 1.00 bits per heavy atom. The number of nitrogens with zero attached hydrogens (tertiary/aromatic N) is 4. The molecule has 0 N–H and O–H groups in total. The van der Waals surface area contributed by atoms with Gasteiger partial charge in [-0.05, 0) is 31.0 Å². The predicted octanol–water partition coefficient (Wildman–Crippen LogP) is 3.67. The first-order valence-corrected chi connectivity index (χ1v) is 10.6. The van der Waals surface area contributed by atoms with Crippen molar-refractivity contribution < 1.29 is 24.2 Å². The summed E-state index contributed by atoms with van der Waals surface area (Å²) in [6, 6.07) is 8.63. The Labute approximate surface area is 197 Å². The van der Waals surface area contributed by atoms with E-state index in [1.54, 1.807) is 12.2 Å². The third-order valence-corrected chi connectivity index (χ3v) is 6.06. The molecule has 1 aliphatic carbocycles. The number of halogens is 1. The Hall–Kier alpha value is -4.12. The van der Waals surface area contributed by atoms with Crippen LogP contribution >= 0.6 is 11.6 Å². The van der Waals surface area contributed by atoms with Crippen molar-refractivity contribution in [2.24, 2.45) is 11.8 Å². The molecule has 2 atom stereocenters. The van der Waals surface area contributed by atoms with Gasteiger partial charge < -0.3 is 0 Å². The van der Waals surface area contributed by atoms with Gasteiger partial charge in [-0.2, -0.15) is 5.01 Å². The van der Waals surface area contributed by atoms with E-state index in [4.69, 9.17) is 11.6 Å². The number of fused-ring (bicyclic) bond motifs is 1. The van der Waals surface area contributed by atoms with Crippen LogP contribution in [0.5, 0.6) is 0 Å². The number of amides is 3. The van der Waals surface area contributed by atoms with Crippen LogP contribution in [0.15, 0.2) is 54.6 Å². The molecule has 0 radical (unpaired) electrons. The number of nitro groups is 2. The van der Waals surface area contributed by atoms with Crippen LogP contribution in [0.25, 0.3) is 0 Å². The molecule has 12 heteroatoms. The Morgan fingerprint density at radius 3 is 2.24 bits per heavy atom. The summed E-state index contributed by atoms with van der Waals surface area (Å²) in [4.78, 5) is 61.3. The Morgan fingerprint density at radius 2 is 1.65 bits per heavy atom. The fraction of sp³-hybridized carbons (Fsp3) is 0.227. The molecule has 4 rings (SSSR count). The van der Waals surface area contributed by atoms with Gasteiger partial charge in [-0.1, -0.05) is 29.8 Å². The number of carbonyl (C=O) groups is 3. The number of allylic oxidation sites excluding steroid dienone is 2. The molecule has 1 heterocycles. The Kier molecular flexibility index (Phi) is 6.12. The first-order valence-electron chi connectivity index (χ1n) is 10.2. The van der Waals surface area contributed by atoms with Crippen molar-refractivity contribution in [2.75, 3.05) is 0 Å². The van der Waals surface area contributed by atoms with Gasteiger partial charge in [-0.25, -0.2) is 5.01 Å². The van der Waals surface area contributed by atoms with E-state index in [2.05, 4.69) is 0 Å². The van der Waals surface area contributed by atoms with Crippen LogP contribution in [0, 0.1) is 32.1 Å². The molecule has 2 aromatic carbocycles. The number of hydrazine groups is 1. The van der Waals surface area contributed by atoms with Crippen molar-refractivity contribution in [1.82, 2.24) is 10.0 Å². The zero-order valence-electron chi connectivity index (χ0n) is 17.5. The lowest BCUT2D eigenvalue weighted by Gasteiger charge is -2.30. The Bertz CT molecular complexity index is 1240. The highest BCUT2D eigenvalue weighted by molar-refractivity contribution is 6.30. The molecule has 0 bridgehead atoms. The second-order valence-corrected chi connectivity index (χ2v) is 8.28. The fourth-order valence-electron chi connectivity index (χ4n) is 4.16. The molecule has 1 fully saturated rings. The lowest BCUT2D eigenvalue weighted by atomic mass is 9.85. The van der Waals surface area contributed by atoms with E-state index in [-0.39, 0.29) is 21.8 Å². The molecule has 2 aromatic rings. The quantitative estimate of drug-likeness (QED) is 0.263. The van der Waals surface area contributed by atoms with E-state index >= 15 is 0 Å². The summed E-state index contributed by atoms with van der Waals surface area (Å²) in [5.74, 6) is -3.40. The molecular weight excluding hydrogens is 468 g/mol. The van der Waals surface area contributed by atoms with Crippen molar-refractivity contribution in [1.29, 1.82) is 0 Å². The molecular formula is C22H17ClN4O7. The number of carbonyl (C=O) groups excluding carboxylic acids is 3. The molecule has 1 saturated heterocycles. The molecule has 11 nitrogen and oxygen atoms in total. The van der Waals surface area contributed by atoms with Gasteiger partial charge in [0.2, 0.25) is 0 Å². The van der Waals surface area contributed by atoms with Gasteiger partial charge in [0.15, 0.2) is 0 Å². The van der Waals surface area contributed by atoms with Gasteiger partial charge in [-0.3, -0.25) is 34.6 Å². The SMILES string of the molecule is O=C(c1cccc([N+](=O)[O-])c1)N(Cc1ccc(Cl)cc1[N+](=O)[O-])N1C(=O)[C@@H]2CC=CC[C@H]2C1=O. The number of non-ortho nitro benzene ring substituents is 1. The first kappa shape index (κ1) is 23.1. The highest BCUT2D eigenvalue weighted by Gasteiger charge is 2.51. The maximum Gasteiger partial charge on any atom is 0.275 e. The maximum absolute atomic E-state index is 13.5. The summed E-state index contributed by atoms with van der Waals surface area (Å²) >= 11 is 5.88. The van der Waals surface area contributed by atoms with Crippen LogP contribution in [0.2, 0.25) is 5.02 Å². The van der Waals surface area contributed by atoms with Gasteiger partial charge in [0.25, 0.3) is 29.1 Å². The zero-order valence-corrected chi connectivity index (χ0v) is 18.3. The second kappa shape index (κ2) is 9.02. The van der Waals surface area contributed by atoms with Crippen LogP contribution in [0.1, 0.15) is 28.8 Å². The van der Waals surface area contributed by atoms with Crippen molar-refractivity contribution >= 4 is 40.7 Å². The van der Waals surface area contributed by atoms with E-state index in [0.717, 1.165) is 22.2 Å². The summed E-state index contributed by atoms with van der Waals surface area (Å²) in [7, 11) is 0. The number of benzene rings is 2. The summed E-state index contributed by atoms with van der Waals surface area (Å²) in [6.45, 7) is -0.501. The van der Waals surface area contributed by atoms with Crippen LogP contribution in [0.3, 0.4) is 0 Å². The highest BCUT2D eigenvalue weighted by atomic mass is 35.5. The van der Waals surface area contributed by atoms with E-state index in [1.807, 2.05) is 0 Å². The van der Waals surface area contributed by atoms with Crippen LogP contribution in [-0.2, 0) is 16.1 Å². The van der Waals surface area contributed by atoms with Crippen molar-refractivity contribution in [2.45, 2.75) is 19.4 Å². The molecule has 34 heavy (non-hydrogen) atoms. The van der Waals surface area contributed by atoms with Crippen LogP contribution < -0.4 is 0 Å². The average molecular weight is 485 g/mol. The number of hydrogen-bond donors (Lipinski definition) is 0.